The third-order valence-corrected chi connectivity index (χ3v) is 10.5. The van der Waals surface area contributed by atoms with Crippen LogP contribution in [-0.4, -0.2) is 82.1 Å². The molecule has 10 heteroatoms. The number of benzene rings is 3. The number of aliphatic hydroxyl groups is 1. The van der Waals surface area contributed by atoms with Crippen LogP contribution < -0.4 is 5.32 Å². The molecule has 0 unspecified atom stereocenters. The van der Waals surface area contributed by atoms with Gasteiger partial charge in [0.1, 0.15) is 17.7 Å². The van der Waals surface area contributed by atoms with Crippen molar-refractivity contribution in [1.29, 1.82) is 0 Å². The molecule has 0 aromatic heterocycles. The van der Waals surface area contributed by atoms with Crippen molar-refractivity contribution in [3.8, 4) is 0 Å². The summed E-state index contributed by atoms with van der Waals surface area (Å²) in [6, 6.07) is 26.4. The fraction of sp³-hybridized carbons (Fsp3) is 0.381. The van der Waals surface area contributed by atoms with Crippen LogP contribution in [0, 0.1) is 11.8 Å². The van der Waals surface area contributed by atoms with Gasteiger partial charge in [-0.25, -0.2) is 0 Å². The van der Waals surface area contributed by atoms with Crippen LogP contribution in [0.2, 0.25) is 0 Å². The Hall–Kier alpha value is -5.06. The molecule has 3 aliphatic heterocycles. The van der Waals surface area contributed by atoms with Crippen molar-refractivity contribution in [3.63, 3.8) is 0 Å². The molecule has 3 heterocycles. The molecule has 3 amide bonds. The lowest BCUT2D eigenvalue weighted by Gasteiger charge is -2.39. The van der Waals surface area contributed by atoms with E-state index < -0.39 is 60.2 Å². The van der Waals surface area contributed by atoms with Crippen LogP contribution >= 0.6 is 0 Å². The molecule has 3 aromatic carbocycles. The molecule has 52 heavy (non-hydrogen) atoms. The van der Waals surface area contributed by atoms with Crippen LogP contribution in [0.4, 0.5) is 0 Å². The van der Waals surface area contributed by atoms with Gasteiger partial charge < -0.3 is 29.7 Å². The van der Waals surface area contributed by atoms with E-state index in [0.29, 0.717) is 31.2 Å². The molecule has 2 bridgehead atoms. The Morgan fingerprint density at radius 1 is 0.981 bits per heavy atom. The number of allylic oxidation sites excluding steroid dienone is 1. The van der Waals surface area contributed by atoms with Gasteiger partial charge in [-0.05, 0) is 42.4 Å². The number of hydrogen-bond donors (Lipinski definition) is 2. The van der Waals surface area contributed by atoms with E-state index in [2.05, 4.69) is 18.5 Å². The van der Waals surface area contributed by atoms with E-state index in [1.54, 1.807) is 17.1 Å². The molecule has 3 aliphatic rings. The molecule has 2 N–H and O–H groups in total. The Bertz CT molecular complexity index is 1740. The lowest BCUT2D eigenvalue weighted by Crippen LogP contribution is -2.59. The van der Waals surface area contributed by atoms with Gasteiger partial charge in [0.05, 0.1) is 37.1 Å². The number of nitrogens with zero attached hydrogens (tertiary/aromatic N) is 2. The molecule has 1 spiro atoms. The highest BCUT2D eigenvalue weighted by Crippen LogP contribution is 2.59. The minimum Gasteiger partial charge on any atom is -0.455 e. The van der Waals surface area contributed by atoms with Crippen molar-refractivity contribution >= 4 is 23.7 Å². The number of fused-ring (bicyclic) bond motifs is 1. The Morgan fingerprint density at radius 2 is 1.63 bits per heavy atom. The Kier molecular flexibility index (Phi) is 11.7. The standard InChI is InChI=1S/C42H47N3O7/c1-3-5-21-35(47)43-26-34(31-19-13-8-14-20-31)51-41(50)36-33-22-23-42(52-33)37(36)39(48)45(32(28-46)25-29-15-9-6-10-16-29)38(42)40(49)44(24-4-2)27-30-17-11-7-12-18-30/h3-4,6-20,32-34,36-38,46H,1-2,5,21-28H2,(H,43,47)/t32-,33+,34+,36-,37-,38+,42-/m1/s1. The van der Waals surface area contributed by atoms with Gasteiger partial charge in [-0.2, -0.15) is 0 Å². The first-order chi connectivity index (χ1) is 25.3. The smallest absolute Gasteiger partial charge is 0.313 e. The second-order valence-corrected chi connectivity index (χ2v) is 13.8. The van der Waals surface area contributed by atoms with E-state index in [1.807, 2.05) is 91.0 Å². The Labute approximate surface area is 305 Å². The number of likely N-dealkylation sites (tertiary alicyclic amines) is 1. The molecule has 0 aliphatic carbocycles. The van der Waals surface area contributed by atoms with Crippen molar-refractivity contribution in [2.24, 2.45) is 11.8 Å². The number of hydrogen-bond acceptors (Lipinski definition) is 7. The van der Waals surface area contributed by atoms with Gasteiger partial charge in [0.25, 0.3) is 0 Å². The highest BCUT2D eigenvalue weighted by Gasteiger charge is 2.75. The molecule has 0 radical (unpaired) electrons. The SMILES string of the molecule is C=CCCC(=O)NC[C@H](OC(=O)[C@@H]1[C@@H]2CC[C@]3(O2)[C@H](C(=O)N(CC=C)Cc2ccccc2)N([C@@H](CO)Cc2ccccc2)C(=O)[C@@H]13)c1ccccc1. The zero-order chi connectivity index (χ0) is 36.7. The van der Waals surface area contributed by atoms with Crippen molar-refractivity contribution < 1.29 is 33.8 Å². The van der Waals surface area contributed by atoms with Gasteiger partial charge in [0.2, 0.25) is 17.7 Å². The maximum Gasteiger partial charge on any atom is 0.313 e. The quantitative estimate of drug-likeness (QED) is 0.156. The van der Waals surface area contributed by atoms with E-state index in [1.165, 1.54) is 4.90 Å². The minimum absolute atomic E-state index is 0.0423. The molecular weight excluding hydrogens is 658 g/mol. The molecule has 10 nitrogen and oxygen atoms in total. The summed E-state index contributed by atoms with van der Waals surface area (Å²) in [5, 5.41) is 13.7. The van der Waals surface area contributed by atoms with Crippen LogP contribution in [0.15, 0.2) is 116 Å². The second-order valence-electron chi connectivity index (χ2n) is 13.8. The molecule has 0 saturated carbocycles. The number of nitrogens with one attached hydrogen (secondary N) is 1. The molecule has 3 aromatic rings. The summed E-state index contributed by atoms with van der Waals surface area (Å²) >= 11 is 0. The second kappa shape index (κ2) is 16.5. The molecule has 7 atom stereocenters. The molecule has 3 fully saturated rings. The Morgan fingerprint density at radius 3 is 2.27 bits per heavy atom. The highest BCUT2D eigenvalue weighted by molar-refractivity contribution is 5.98. The predicted octanol–water partition coefficient (Wildman–Crippen LogP) is 4.55. The van der Waals surface area contributed by atoms with E-state index in [0.717, 1.165) is 11.1 Å². The van der Waals surface area contributed by atoms with Crippen LogP contribution in [0.5, 0.6) is 0 Å². The third kappa shape index (κ3) is 7.45. The first kappa shape index (κ1) is 36.7. The molecule has 3 saturated heterocycles. The van der Waals surface area contributed by atoms with Gasteiger partial charge >= 0.3 is 5.97 Å². The number of aliphatic hydroxyl groups excluding tert-OH is 1. The summed E-state index contributed by atoms with van der Waals surface area (Å²) < 4.78 is 12.9. The van der Waals surface area contributed by atoms with Gasteiger partial charge in [0, 0.05) is 19.5 Å². The number of rotatable bonds is 17. The van der Waals surface area contributed by atoms with Gasteiger partial charge in [-0.1, -0.05) is 103 Å². The summed E-state index contributed by atoms with van der Waals surface area (Å²) in [5.41, 5.74) is 1.19. The largest absolute Gasteiger partial charge is 0.455 e. The number of carbonyl (C=O) groups is 4. The number of esters is 1. The minimum atomic E-state index is -1.30. The zero-order valence-corrected chi connectivity index (χ0v) is 29.3. The van der Waals surface area contributed by atoms with Gasteiger partial charge in [-0.3, -0.25) is 19.2 Å². The maximum absolute atomic E-state index is 14.9. The lowest BCUT2D eigenvalue weighted by atomic mass is 9.70. The summed E-state index contributed by atoms with van der Waals surface area (Å²) in [5.74, 6) is -3.55. The highest BCUT2D eigenvalue weighted by atomic mass is 16.6. The number of ether oxygens (including phenoxy) is 2. The fourth-order valence-corrected chi connectivity index (χ4v) is 8.18. The van der Waals surface area contributed by atoms with Gasteiger partial charge in [0.15, 0.2) is 0 Å². The van der Waals surface area contributed by atoms with E-state index in [-0.39, 0.29) is 37.9 Å². The van der Waals surface area contributed by atoms with E-state index >= 15 is 0 Å². The summed E-state index contributed by atoms with van der Waals surface area (Å²) in [6.07, 6.45) is 3.77. The van der Waals surface area contributed by atoms with Crippen LogP contribution in [0.25, 0.3) is 0 Å². The van der Waals surface area contributed by atoms with Crippen LogP contribution in [0.3, 0.4) is 0 Å². The normalized spacial score (nSPS) is 24.1. The molecule has 6 rings (SSSR count). The number of amides is 3. The van der Waals surface area contributed by atoms with Crippen molar-refractivity contribution in [3.05, 3.63) is 133 Å². The van der Waals surface area contributed by atoms with E-state index in [4.69, 9.17) is 9.47 Å². The number of carbonyl (C=O) groups excluding carboxylic acids is 4. The first-order valence-electron chi connectivity index (χ1n) is 18.0. The zero-order valence-electron chi connectivity index (χ0n) is 29.3. The molecular formula is C42H47N3O7. The average Bonchev–Trinajstić information content (AvgIpc) is 3.82. The van der Waals surface area contributed by atoms with Crippen molar-refractivity contribution in [2.75, 3.05) is 19.7 Å². The monoisotopic (exact) mass is 705 g/mol. The molecule has 272 valence electrons. The van der Waals surface area contributed by atoms with E-state index in [9.17, 15) is 24.3 Å². The first-order valence-corrected chi connectivity index (χ1v) is 18.0. The maximum atomic E-state index is 14.9. The fourth-order valence-electron chi connectivity index (χ4n) is 8.18. The predicted molar refractivity (Wildman–Crippen MR) is 195 cm³/mol. The van der Waals surface area contributed by atoms with Crippen LogP contribution in [-0.2, 0) is 41.6 Å². The van der Waals surface area contributed by atoms with Crippen LogP contribution in [0.1, 0.15) is 48.5 Å². The summed E-state index contributed by atoms with van der Waals surface area (Å²) in [6.45, 7) is 7.71. The van der Waals surface area contributed by atoms with Crippen molar-refractivity contribution in [2.45, 2.75) is 68.5 Å². The van der Waals surface area contributed by atoms with Gasteiger partial charge in [-0.15, -0.1) is 13.2 Å². The summed E-state index contributed by atoms with van der Waals surface area (Å²) in [4.78, 5) is 59.8. The topological polar surface area (TPSA) is 125 Å². The Balaban J connectivity index is 1.34. The lowest BCUT2D eigenvalue weighted by molar-refractivity contribution is -0.161. The average molecular weight is 706 g/mol. The van der Waals surface area contributed by atoms with Crippen molar-refractivity contribution in [1.82, 2.24) is 15.1 Å². The summed E-state index contributed by atoms with van der Waals surface area (Å²) in [7, 11) is 0. The third-order valence-electron chi connectivity index (χ3n) is 10.5.